The summed E-state index contributed by atoms with van der Waals surface area (Å²) >= 11 is 0. The lowest BCUT2D eigenvalue weighted by Crippen LogP contribution is -2.09. The van der Waals surface area contributed by atoms with Crippen molar-refractivity contribution in [2.75, 3.05) is 20.3 Å². The highest BCUT2D eigenvalue weighted by Gasteiger charge is 2.13. The summed E-state index contributed by atoms with van der Waals surface area (Å²) in [6, 6.07) is 9.63. The summed E-state index contributed by atoms with van der Waals surface area (Å²) in [4.78, 5) is 24.9. The SMILES string of the molecule is C=C(C)C(=O)OCCCCOC(=O)c1ccc2nn(-c3ccc(OC)cc3O)nc2c1. The Bertz CT molecular complexity index is 1120. The van der Waals surface area contributed by atoms with Crippen LogP contribution in [0.5, 0.6) is 11.5 Å². The molecule has 1 N–H and O–H groups in total. The van der Waals surface area contributed by atoms with E-state index in [1.807, 2.05) is 0 Å². The molecule has 0 fully saturated rings. The highest BCUT2D eigenvalue weighted by molar-refractivity contribution is 5.93. The molecule has 9 nitrogen and oxygen atoms in total. The number of phenolic OH excluding ortho intramolecular Hbond substituents is 1. The summed E-state index contributed by atoms with van der Waals surface area (Å²) in [7, 11) is 1.51. The highest BCUT2D eigenvalue weighted by Crippen LogP contribution is 2.26. The van der Waals surface area contributed by atoms with Gasteiger partial charge < -0.3 is 19.3 Å². The van der Waals surface area contributed by atoms with Crippen LogP contribution in [0.15, 0.2) is 48.6 Å². The molecule has 0 radical (unpaired) electrons. The molecule has 0 atom stereocenters. The molecule has 0 amide bonds. The van der Waals surface area contributed by atoms with Crippen molar-refractivity contribution in [1.29, 1.82) is 0 Å². The number of benzene rings is 2. The van der Waals surface area contributed by atoms with Crippen molar-refractivity contribution in [1.82, 2.24) is 15.0 Å². The highest BCUT2D eigenvalue weighted by atomic mass is 16.5. The molecule has 0 spiro atoms. The molecule has 0 saturated heterocycles. The molecule has 0 aliphatic carbocycles. The van der Waals surface area contributed by atoms with Gasteiger partial charge in [-0.15, -0.1) is 15.0 Å². The number of nitrogens with zero attached hydrogens (tertiary/aromatic N) is 3. The summed E-state index contributed by atoms with van der Waals surface area (Å²) < 4.78 is 15.3. The summed E-state index contributed by atoms with van der Waals surface area (Å²) in [5, 5.41) is 18.8. The molecular formula is C22H23N3O6. The lowest BCUT2D eigenvalue weighted by molar-refractivity contribution is -0.139. The standard InChI is InChI=1S/C22H23N3O6/c1-14(2)21(27)30-10-4-5-11-31-22(28)15-6-8-17-18(12-15)24-25(23-17)19-9-7-16(29-3)13-20(19)26/h6-9,12-13,26H,1,4-5,10-11H2,2-3H3. The lowest BCUT2D eigenvalue weighted by Gasteiger charge is -2.06. The monoisotopic (exact) mass is 425 g/mol. The maximum absolute atomic E-state index is 12.3. The molecule has 0 aliphatic heterocycles. The third-order valence-electron chi connectivity index (χ3n) is 4.37. The van der Waals surface area contributed by atoms with Gasteiger partial charge in [-0.1, -0.05) is 6.58 Å². The second-order valence-corrected chi connectivity index (χ2v) is 6.81. The number of phenols is 1. The largest absolute Gasteiger partial charge is 0.505 e. The Morgan fingerprint density at radius 2 is 1.74 bits per heavy atom. The second kappa shape index (κ2) is 9.75. The van der Waals surface area contributed by atoms with E-state index in [4.69, 9.17) is 14.2 Å². The first kappa shape index (κ1) is 21.8. The number of carbonyl (C=O) groups is 2. The molecule has 1 heterocycles. The van der Waals surface area contributed by atoms with Crippen molar-refractivity contribution >= 4 is 23.0 Å². The first-order valence-corrected chi connectivity index (χ1v) is 9.63. The molecule has 1 aromatic heterocycles. The smallest absolute Gasteiger partial charge is 0.338 e. The van der Waals surface area contributed by atoms with Crippen molar-refractivity contribution in [3.8, 4) is 17.2 Å². The van der Waals surface area contributed by atoms with Gasteiger partial charge in [0.05, 0.1) is 25.9 Å². The average molecular weight is 425 g/mol. The third-order valence-corrected chi connectivity index (χ3v) is 4.37. The number of aromatic hydroxyl groups is 1. The molecule has 2 aromatic carbocycles. The van der Waals surface area contributed by atoms with Gasteiger partial charge in [0.1, 0.15) is 28.2 Å². The van der Waals surface area contributed by atoms with Gasteiger partial charge in [0.25, 0.3) is 0 Å². The number of esters is 2. The van der Waals surface area contributed by atoms with Crippen molar-refractivity contribution < 1.29 is 28.9 Å². The fourth-order valence-corrected chi connectivity index (χ4v) is 2.69. The lowest BCUT2D eigenvalue weighted by atomic mass is 10.2. The van der Waals surface area contributed by atoms with Crippen LogP contribution >= 0.6 is 0 Å². The molecular weight excluding hydrogens is 402 g/mol. The van der Waals surface area contributed by atoms with E-state index in [9.17, 15) is 14.7 Å². The third kappa shape index (κ3) is 5.39. The first-order chi connectivity index (χ1) is 14.9. The molecule has 0 bridgehead atoms. The Morgan fingerprint density at radius 1 is 1.03 bits per heavy atom. The van der Waals surface area contributed by atoms with E-state index in [0.29, 0.717) is 46.4 Å². The van der Waals surface area contributed by atoms with E-state index < -0.39 is 11.9 Å². The van der Waals surface area contributed by atoms with Gasteiger partial charge in [-0.2, -0.15) is 0 Å². The maximum atomic E-state index is 12.3. The zero-order valence-corrected chi connectivity index (χ0v) is 17.3. The van der Waals surface area contributed by atoms with E-state index >= 15 is 0 Å². The minimum atomic E-state index is -0.484. The van der Waals surface area contributed by atoms with E-state index in [-0.39, 0.29) is 19.0 Å². The number of ether oxygens (including phenoxy) is 3. The number of methoxy groups -OCH3 is 1. The van der Waals surface area contributed by atoms with Crippen LogP contribution in [0.4, 0.5) is 0 Å². The van der Waals surface area contributed by atoms with E-state index in [0.717, 1.165) is 0 Å². The number of unbranched alkanes of at least 4 members (excludes halogenated alkanes) is 1. The minimum absolute atomic E-state index is 0.0341. The summed E-state index contributed by atoms with van der Waals surface area (Å²) in [5.41, 5.74) is 2.11. The van der Waals surface area contributed by atoms with Crippen LogP contribution in [0.1, 0.15) is 30.1 Å². The fraction of sp³-hybridized carbons (Fsp3) is 0.273. The Kier molecular flexibility index (Phi) is 6.86. The molecule has 3 rings (SSSR count). The van der Waals surface area contributed by atoms with E-state index in [1.54, 1.807) is 37.3 Å². The van der Waals surface area contributed by atoms with Gasteiger partial charge in [0.15, 0.2) is 0 Å². The van der Waals surface area contributed by atoms with Crippen molar-refractivity contribution in [3.05, 3.63) is 54.1 Å². The Morgan fingerprint density at radius 3 is 2.42 bits per heavy atom. The number of hydrogen-bond acceptors (Lipinski definition) is 8. The van der Waals surface area contributed by atoms with Gasteiger partial charge in [-0.05, 0) is 50.1 Å². The predicted octanol–water partition coefficient (Wildman–Crippen LogP) is 3.19. The second-order valence-electron chi connectivity index (χ2n) is 6.81. The summed E-state index contributed by atoms with van der Waals surface area (Å²) in [6.45, 7) is 5.54. The number of fused-ring (bicyclic) bond motifs is 1. The molecule has 9 heteroatoms. The molecule has 31 heavy (non-hydrogen) atoms. The fourth-order valence-electron chi connectivity index (χ4n) is 2.69. The zero-order valence-electron chi connectivity index (χ0n) is 17.3. The average Bonchev–Trinajstić information content (AvgIpc) is 3.18. The first-order valence-electron chi connectivity index (χ1n) is 9.63. The molecule has 0 aliphatic rings. The van der Waals surface area contributed by atoms with Crippen LogP contribution in [0, 0.1) is 0 Å². The number of carbonyl (C=O) groups excluding carboxylic acids is 2. The zero-order chi connectivity index (χ0) is 22.4. The van der Waals surface area contributed by atoms with E-state index in [1.165, 1.54) is 18.0 Å². The minimum Gasteiger partial charge on any atom is -0.505 e. The van der Waals surface area contributed by atoms with Crippen LogP contribution in [0.2, 0.25) is 0 Å². The summed E-state index contributed by atoms with van der Waals surface area (Å²) in [6.07, 6.45) is 1.13. The number of aromatic nitrogens is 3. The normalized spacial score (nSPS) is 10.6. The van der Waals surface area contributed by atoms with Gasteiger partial charge in [-0.3, -0.25) is 0 Å². The van der Waals surface area contributed by atoms with Gasteiger partial charge in [0.2, 0.25) is 0 Å². The van der Waals surface area contributed by atoms with Crippen molar-refractivity contribution in [3.63, 3.8) is 0 Å². The molecule has 0 unspecified atom stereocenters. The van der Waals surface area contributed by atoms with Crippen LogP contribution in [0.3, 0.4) is 0 Å². The Hall–Kier alpha value is -3.88. The molecule has 162 valence electrons. The molecule has 3 aromatic rings. The topological polar surface area (TPSA) is 113 Å². The van der Waals surface area contributed by atoms with Crippen LogP contribution < -0.4 is 4.74 Å². The summed E-state index contributed by atoms with van der Waals surface area (Å²) in [5.74, 6) is -0.436. The van der Waals surface area contributed by atoms with Crippen LogP contribution in [-0.2, 0) is 14.3 Å². The number of hydrogen-bond donors (Lipinski definition) is 1. The van der Waals surface area contributed by atoms with Gasteiger partial charge in [-0.25, -0.2) is 9.59 Å². The Labute approximate surface area is 178 Å². The van der Waals surface area contributed by atoms with Gasteiger partial charge in [0, 0.05) is 11.6 Å². The van der Waals surface area contributed by atoms with Crippen molar-refractivity contribution in [2.45, 2.75) is 19.8 Å². The predicted molar refractivity (Wildman–Crippen MR) is 112 cm³/mol. The van der Waals surface area contributed by atoms with E-state index in [2.05, 4.69) is 16.8 Å². The van der Waals surface area contributed by atoms with Crippen LogP contribution in [-0.4, -0.2) is 52.4 Å². The Balaban J connectivity index is 1.59. The van der Waals surface area contributed by atoms with Crippen molar-refractivity contribution in [2.24, 2.45) is 0 Å². The number of rotatable bonds is 9. The maximum Gasteiger partial charge on any atom is 0.338 e. The quantitative estimate of drug-likeness (QED) is 0.316. The van der Waals surface area contributed by atoms with Gasteiger partial charge >= 0.3 is 11.9 Å². The molecule has 0 saturated carbocycles. The van der Waals surface area contributed by atoms with Crippen LogP contribution in [0.25, 0.3) is 16.7 Å².